The van der Waals surface area contributed by atoms with Crippen LogP contribution in [0.4, 0.5) is 17.1 Å². The van der Waals surface area contributed by atoms with Crippen molar-refractivity contribution in [2.45, 2.75) is 57.3 Å². The van der Waals surface area contributed by atoms with Crippen LogP contribution < -0.4 is 25.6 Å². The average Bonchev–Trinajstić information content (AvgIpc) is 3.59. The lowest BCUT2D eigenvalue weighted by Gasteiger charge is -2.35. The molecule has 1 fully saturated rings. The van der Waals surface area contributed by atoms with Gasteiger partial charge in [-0.05, 0) is 132 Å². The molecule has 0 N–H and O–H groups in total. The lowest BCUT2D eigenvalue weighted by atomic mass is 9.81. The van der Waals surface area contributed by atoms with Crippen LogP contribution in [0.1, 0.15) is 68.6 Å². The largest absolute Gasteiger partial charge is 0.310 e. The highest BCUT2D eigenvalue weighted by Gasteiger charge is 2.42. The number of rotatable bonds is 9. The van der Waals surface area contributed by atoms with Gasteiger partial charge in [0.2, 0.25) is 0 Å². The van der Waals surface area contributed by atoms with Crippen LogP contribution in [0, 0.1) is 0 Å². The van der Waals surface area contributed by atoms with Crippen molar-refractivity contribution >= 4 is 56.7 Å². The number of anilines is 3. The molecule has 2 aliphatic carbocycles. The van der Waals surface area contributed by atoms with Crippen molar-refractivity contribution in [2.75, 3.05) is 4.90 Å². The van der Waals surface area contributed by atoms with E-state index in [4.69, 9.17) is 0 Å². The van der Waals surface area contributed by atoms with Gasteiger partial charge in [0.05, 0.1) is 0 Å². The molecule has 0 aliphatic heterocycles. The fraction of sp³-hybridized carbons (Fsp3) is 0.148. The molecule has 1 saturated carbocycles. The fourth-order valence-electron chi connectivity index (χ4n) is 11.2. The van der Waals surface area contributed by atoms with E-state index in [0.29, 0.717) is 5.92 Å². The molecule has 0 heterocycles. The van der Waals surface area contributed by atoms with Crippen molar-refractivity contribution in [3.05, 3.63) is 235 Å². The van der Waals surface area contributed by atoms with E-state index in [1.165, 1.54) is 114 Å². The number of fused-ring (bicyclic) bond motifs is 4. The first kappa shape index (κ1) is 39.1. The lowest BCUT2D eigenvalue weighted by molar-refractivity contribution is 0.443. The van der Waals surface area contributed by atoms with Gasteiger partial charge in [-0.2, -0.15) is 0 Å². The standard InChI is InChI=1S/C61H53NSi/c1-61(2)58-30-18-17-29-56(58)60-57(48-32-31-45-21-15-16-22-47(45)41-48)42-51(43-59(60)61)62(49-35-33-46(34-36-49)44-19-7-3-8-20-44)50-37-39-55(40-38-50)63(52-23-9-4-10-24-52,53-25-11-5-12-26-53)54-27-13-6-14-28-54/h4-6,9-18,21-44H,3,7-8,19-20H2,1-2H3. The summed E-state index contributed by atoms with van der Waals surface area (Å²) in [5.74, 6) is 0.645. The van der Waals surface area contributed by atoms with Crippen molar-refractivity contribution in [3.8, 4) is 22.3 Å². The van der Waals surface area contributed by atoms with Crippen molar-refractivity contribution in [1.29, 1.82) is 0 Å². The minimum absolute atomic E-state index is 0.180. The predicted octanol–water partition coefficient (Wildman–Crippen LogP) is 13.7. The summed E-state index contributed by atoms with van der Waals surface area (Å²) in [6.07, 6.45) is 6.59. The van der Waals surface area contributed by atoms with Gasteiger partial charge in [-0.1, -0.05) is 209 Å². The molecule has 2 aliphatic rings. The van der Waals surface area contributed by atoms with Crippen molar-refractivity contribution < 1.29 is 0 Å². The molecule has 0 atom stereocenters. The van der Waals surface area contributed by atoms with E-state index in [9.17, 15) is 0 Å². The monoisotopic (exact) mass is 827 g/mol. The number of nitrogens with zero attached hydrogens (tertiary/aromatic N) is 1. The summed E-state index contributed by atoms with van der Waals surface area (Å²) in [5, 5.41) is 8.02. The molecule has 9 aromatic carbocycles. The van der Waals surface area contributed by atoms with Crippen LogP contribution in [0.5, 0.6) is 0 Å². The summed E-state index contributed by atoms with van der Waals surface area (Å²) >= 11 is 0. The van der Waals surface area contributed by atoms with Crippen LogP contribution in [0.15, 0.2) is 218 Å². The van der Waals surface area contributed by atoms with Crippen LogP contribution in [-0.4, -0.2) is 8.07 Å². The Labute approximate surface area is 374 Å². The van der Waals surface area contributed by atoms with E-state index in [1.807, 2.05) is 0 Å². The third-order valence-corrected chi connectivity index (χ3v) is 19.2. The first-order chi connectivity index (χ1) is 31.0. The zero-order valence-corrected chi connectivity index (χ0v) is 37.3. The Balaban J connectivity index is 1.13. The molecule has 2 heteroatoms. The quantitative estimate of drug-likeness (QED) is 0.103. The molecule has 0 unspecified atom stereocenters. The molecule has 0 aromatic heterocycles. The Morgan fingerprint density at radius 1 is 0.413 bits per heavy atom. The molecule has 9 aromatic rings. The number of hydrogen-bond donors (Lipinski definition) is 0. The Kier molecular flexibility index (Phi) is 10.1. The summed E-state index contributed by atoms with van der Waals surface area (Å²) in [4.78, 5) is 2.52. The highest BCUT2D eigenvalue weighted by molar-refractivity contribution is 7.19. The van der Waals surface area contributed by atoms with Crippen molar-refractivity contribution in [2.24, 2.45) is 0 Å². The van der Waals surface area contributed by atoms with Gasteiger partial charge in [0, 0.05) is 22.5 Å². The Bertz CT molecular complexity index is 2940. The molecule has 1 nitrogen and oxygen atoms in total. The third kappa shape index (κ3) is 6.76. The van der Waals surface area contributed by atoms with Crippen LogP contribution >= 0.6 is 0 Å². The molecule has 306 valence electrons. The second kappa shape index (κ2) is 16.2. The van der Waals surface area contributed by atoms with Crippen molar-refractivity contribution in [1.82, 2.24) is 0 Å². The Morgan fingerprint density at radius 2 is 0.937 bits per heavy atom. The minimum atomic E-state index is -2.71. The average molecular weight is 828 g/mol. The molecule has 0 saturated heterocycles. The molecule has 0 bridgehead atoms. The summed E-state index contributed by atoms with van der Waals surface area (Å²) in [6.45, 7) is 4.81. The normalized spacial score (nSPS) is 14.6. The lowest BCUT2D eigenvalue weighted by Crippen LogP contribution is -2.74. The first-order valence-corrected chi connectivity index (χ1v) is 24.9. The maximum atomic E-state index is 2.52. The molecule has 0 spiro atoms. The van der Waals surface area contributed by atoms with Gasteiger partial charge in [0.25, 0.3) is 0 Å². The predicted molar refractivity (Wildman–Crippen MR) is 271 cm³/mol. The summed E-state index contributed by atoms with van der Waals surface area (Å²) in [5.41, 5.74) is 12.8. The van der Waals surface area contributed by atoms with E-state index in [1.54, 1.807) is 0 Å². The second-order valence-electron chi connectivity index (χ2n) is 18.3. The maximum Gasteiger partial charge on any atom is 0.179 e. The van der Waals surface area contributed by atoms with E-state index in [2.05, 4.69) is 237 Å². The zero-order chi connectivity index (χ0) is 42.4. The smallest absolute Gasteiger partial charge is 0.179 e. The second-order valence-corrected chi connectivity index (χ2v) is 22.1. The van der Waals surface area contributed by atoms with E-state index >= 15 is 0 Å². The summed E-state index contributed by atoms with van der Waals surface area (Å²) in [7, 11) is -2.71. The van der Waals surface area contributed by atoms with E-state index in [0.717, 1.165) is 5.69 Å². The molecule has 0 radical (unpaired) electrons. The van der Waals surface area contributed by atoms with Gasteiger partial charge in [-0.25, -0.2) is 0 Å². The zero-order valence-electron chi connectivity index (χ0n) is 36.3. The van der Waals surface area contributed by atoms with Crippen LogP contribution in [0.3, 0.4) is 0 Å². The Morgan fingerprint density at radius 3 is 1.56 bits per heavy atom. The van der Waals surface area contributed by atoms with E-state index in [-0.39, 0.29) is 5.41 Å². The Hall–Kier alpha value is -6.74. The minimum Gasteiger partial charge on any atom is -0.310 e. The SMILES string of the molecule is CC1(C)c2ccccc2-c2c(-c3ccc4ccccc4c3)cc(N(c3ccc(C4CCCCC4)cc3)c3ccc([Si](c4ccccc4)(c4ccccc4)c4ccccc4)cc3)cc21. The van der Waals surface area contributed by atoms with Gasteiger partial charge in [-0.3, -0.25) is 0 Å². The van der Waals surface area contributed by atoms with Crippen LogP contribution in [-0.2, 0) is 5.41 Å². The summed E-state index contributed by atoms with van der Waals surface area (Å²) < 4.78 is 0. The molecule has 0 amide bonds. The number of benzene rings is 9. The van der Waals surface area contributed by atoms with Gasteiger partial charge in [-0.15, -0.1) is 0 Å². The van der Waals surface area contributed by atoms with Crippen LogP contribution in [0.2, 0.25) is 0 Å². The van der Waals surface area contributed by atoms with Gasteiger partial charge >= 0.3 is 0 Å². The molecule has 63 heavy (non-hydrogen) atoms. The third-order valence-electron chi connectivity index (χ3n) is 14.4. The maximum absolute atomic E-state index is 2.71. The van der Waals surface area contributed by atoms with Gasteiger partial charge < -0.3 is 4.90 Å². The fourth-order valence-corrected chi connectivity index (χ4v) is 16.0. The highest BCUT2D eigenvalue weighted by Crippen LogP contribution is 2.54. The van der Waals surface area contributed by atoms with Gasteiger partial charge in [0.15, 0.2) is 8.07 Å². The molecular formula is C61H53NSi. The highest BCUT2D eigenvalue weighted by atomic mass is 28.3. The van der Waals surface area contributed by atoms with E-state index < -0.39 is 8.07 Å². The first-order valence-electron chi connectivity index (χ1n) is 22.9. The number of hydrogen-bond acceptors (Lipinski definition) is 1. The van der Waals surface area contributed by atoms with Gasteiger partial charge in [0.1, 0.15) is 0 Å². The van der Waals surface area contributed by atoms with Crippen molar-refractivity contribution in [3.63, 3.8) is 0 Å². The topological polar surface area (TPSA) is 3.24 Å². The van der Waals surface area contributed by atoms with Crippen LogP contribution in [0.25, 0.3) is 33.0 Å². The molecule has 11 rings (SSSR count). The summed E-state index contributed by atoms with van der Waals surface area (Å²) in [6, 6.07) is 82.8. The molecular weight excluding hydrogens is 775 g/mol.